The third-order valence-electron chi connectivity index (χ3n) is 3.54. The third kappa shape index (κ3) is 2.56. The van der Waals surface area contributed by atoms with Crippen LogP contribution in [0.15, 0.2) is 18.3 Å². The first kappa shape index (κ1) is 10.9. The van der Waals surface area contributed by atoms with Gasteiger partial charge in [-0.25, -0.2) is 0 Å². The highest BCUT2D eigenvalue weighted by Crippen LogP contribution is 2.22. The van der Waals surface area contributed by atoms with E-state index >= 15 is 0 Å². The summed E-state index contributed by atoms with van der Waals surface area (Å²) in [4.78, 5) is 2.55. The molecule has 5 heteroatoms. The topological polar surface area (TPSA) is 50.3 Å². The van der Waals surface area contributed by atoms with Crippen molar-refractivity contribution in [2.45, 2.75) is 25.0 Å². The largest absolute Gasteiger partial charge is 0.373 e. The van der Waals surface area contributed by atoms with E-state index < -0.39 is 0 Å². The Morgan fingerprint density at radius 2 is 2.53 bits per heavy atom. The summed E-state index contributed by atoms with van der Waals surface area (Å²) in [5.74, 6) is 0.819. The van der Waals surface area contributed by atoms with Gasteiger partial charge in [0.05, 0.1) is 12.7 Å². The fraction of sp³-hybridized carbons (Fsp3) is 0.667. The number of morpholine rings is 1. The minimum Gasteiger partial charge on any atom is -0.373 e. The lowest BCUT2D eigenvalue weighted by atomic mass is 10.2. The average molecular weight is 234 g/mol. The van der Waals surface area contributed by atoms with Gasteiger partial charge in [0.1, 0.15) is 5.82 Å². The molecule has 0 bridgehead atoms. The highest BCUT2D eigenvalue weighted by Gasteiger charge is 2.31. The third-order valence-corrected chi connectivity index (χ3v) is 3.54. The highest BCUT2D eigenvalue weighted by atomic mass is 16.5. The number of hydrogen-bond acceptors (Lipinski definition) is 5. The summed E-state index contributed by atoms with van der Waals surface area (Å²) < 4.78 is 5.86. The standard InChI is InChI=1S/C12H18N4O/c1-4-12(15-14-5-1)13-7-11-8-16-6-2-3-10(16)9-17-11/h1,4-5,10-11H,2-3,6-9H2,(H,13,15). The van der Waals surface area contributed by atoms with Gasteiger partial charge in [-0.2, -0.15) is 5.10 Å². The molecule has 0 saturated carbocycles. The lowest BCUT2D eigenvalue weighted by molar-refractivity contribution is -0.0416. The predicted octanol–water partition coefficient (Wildman–Crippen LogP) is 0.752. The average Bonchev–Trinajstić information content (AvgIpc) is 2.85. The molecule has 3 rings (SSSR count). The van der Waals surface area contributed by atoms with Crippen LogP contribution < -0.4 is 5.32 Å². The van der Waals surface area contributed by atoms with Crippen LogP contribution in [-0.2, 0) is 4.74 Å². The second-order valence-corrected chi connectivity index (χ2v) is 4.74. The highest BCUT2D eigenvalue weighted by molar-refractivity contribution is 5.31. The fourth-order valence-corrected chi connectivity index (χ4v) is 2.62. The number of hydrogen-bond donors (Lipinski definition) is 1. The molecule has 1 aromatic heterocycles. The Kier molecular flexibility index (Phi) is 3.20. The number of nitrogens with zero attached hydrogens (tertiary/aromatic N) is 3. The Labute approximate surface area is 101 Å². The van der Waals surface area contributed by atoms with E-state index in [1.807, 2.05) is 12.1 Å². The molecule has 0 aromatic carbocycles. The van der Waals surface area contributed by atoms with Gasteiger partial charge >= 0.3 is 0 Å². The van der Waals surface area contributed by atoms with Crippen LogP contribution in [0.1, 0.15) is 12.8 Å². The number of fused-ring (bicyclic) bond motifs is 1. The van der Waals surface area contributed by atoms with Crippen LogP contribution in [0.25, 0.3) is 0 Å². The van der Waals surface area contributed by atoms with Gasteiger partial charge in [-0.15, -0.1) is 5.10 Å². The van der Waals surface area contributed by atoms with Crippen LogP contribution in [0.2, 0.25) is 0 Å². The Balaban J connectivity index is 1.50. The number of nitrogens with one attached hydrogen (secondary N) is 1. The Morgan fingerprint density at radius 3 is 3.41 bits per heavy atom. The molecule has 5 nitrogen and oxygen atoms in total. The van der Waals surface area contributed by atoms with Crippen molar-refractivity contribution in [2.24, 2.45) is 0 Å². The van der Waals surface area contributed by atoms with Gasteiger partial charge in [0, 0.05) is 25.3 Å². The van der Waals surface area contributed by atoms with E-state index in [9.17, 15) is 0 Å². The van der Waals surface area contributed by atoms with Crippen LogP contribution in [0.3, 0.4) is 0 Å². The van der Waals surface area contributed by atoms with Crippen LogP contribution in [0.4, 0.5) is 5.82 Å². The summed E-state index contributed by atoms with van der Waals surface area (Å²) in [5.41, 5.74) is 0. The van der Waals surface area contributed by atoms with Gasteiger partial charge in [0.25, 0.3) is 0 Å². The Hall–Kier alpha value is -1.20. The van der Waals surface area contributed by atoms with E-state index in [1.54, 1.807) is 6.20 Å². The molecule has 0 radical (unpaired) electrons. The fourth-order valence-electron chi connectivity index (χ4n) is 2.62. The molecule has 2 fully saturated rings. The zero-order valence-electron chi connectivity index (χ0n) is 9.88. The lowest BCUT2D eigenvalue weighted by Gasteiger charge is -2.35. The Bertz CT molecular complexity index is 359. The SMILES string of the molecule is c1cnnc(NCC2CN3CCCC3CO2)c1. The molecule has 3 heterocycles. The van der Waals surface area contributed by atoms with Gasteiger partial charge < -0.3 is 10.1 Å². The summed E-state index contributed by atoms with van der Waals surface area (Å²) in [5, 5.41) is 11.1. The molecule has 17 heavy (non-hydrogen) atoms. The maximum absolute atomic E-state index is 5.86. The molecule has 1 N–H and O–H groups in total. The minimum atomic E-state index is 0.270. The van der Waals surface area contributed by atoms with Crippen molar-refractivity contribution < 1.29 is 4.74 Å². The van der Waals surface area contributed by atoms with Crippen molar-refractivity contribution in [1.82, 2.24) is 15.1 Å². The van der Waals surface area contributed by atoms with Crippen molar-refractivity contribution in [1.29, 1.82) is 0 Å². The molecule has 0 amide bonds. The van der Waals surface area contributed by atoms with E-state index in [4.69, 9.17) is 4.74 Å². The maximum atomic E-state index is 5.86. The second-order valence-electron chi connectivity index (χ2n) is 4.74. The molecule has 1 aromatic rings. The van der Waals surface area contributed by atoms with Crippen LogP contribution >= 0.6 is 0 Å². The van der Waals surface area contributed by atoms with Crippen LogP contribution in [0, 0.1) is 0 Å². The summed E-state index contributed by atoms with van der Waals surface area (Å²) in [6, 6.07) is 4.48. The molecule has 0 spiro atoms. The number of anilines is 1. The zero-order valence-corrected chi connectivity index (χ0v) is 9.88. The molecule has 2 aliphatic heterocycles. The van der Waals surface area contributed by atoms with E-state index in [0.717, 1.165) is 25.5 Å². The normalized spacial score (nSPS) is 28.9. The van der Waals surface area contributed by atoms with E-state index in [-0.39, 0.29) is 6.10 Å². The zero-order chi connectivity index (χ0) is 11.5. The van der Waals surface area contributed by atoms with Crippen molar-refractivity contribution in [3.63, 3.8) is 0 Å². The van der Waals surface area contributed by atoms with Crippen molar-refractivity contribution in [3.05, 3.63) is 18.3 Å². The quantitative estimate of drug-likeness (QED) is 0.836. The van der Waals surface area contributed by atoms with E-state index in [0.29, 0.717) is 6.04 Å². The molecule has 2 atom stereocenters. The number of rotatable bonds is 3. The van der Waals surface area contributed by atoms with Crippen LogP contribution in [0.5, 0.6) is 0 Å². The number of ether oxygens (including phenoxy) is 1. The lowest BCUT2D eigenvalue weighted by Crippen LogP contribution is -2.48. The molecule has 92 valence electrons. The first-order valence-electron chi connectivity index (χ1n) is 6.29. The van der Waals surface area contributed by atoms with Gasteiger partial charge in [0.15, 0.2) is 0 Å². The summed E-state index contributed by atoms with van der Waals surface area (Å²) in [6.07, 6.45) is 4.56. The molecule has 2 saturated heterocycles. The summed E-state index contributed by atoms with van der Waals surface area (Å²) in [6.45, 7) is 3.96. The smallest absolute Gasteiger partial charge is 0.148 e. The maximum Gasteiger partial charge on any atom is 0.148 e. The van der Waals surface area contributed by atoms with Crippen molar-refractivity contribution in [3.8, 4) is 0 Å². The van der Waals surface area contributed by atoms with Gasteiger partial charge in [-0.3, -0.25) is 4.90 Å². The predicted molar refractivity (Wildman–Crippen MR) is 64.9 cm³/mol. The van der Waals surface area contributed by atoms with E-state index in [2.05, 4.69) is 20.4 Å². The second kappa shape index (κ2) is 4.98. The molecule has 0 aliphatic carbocycles. The molecule has 2 unspecified atom stereocenters. The monoisotopic (exact) mass is 234 g/mol. The summed E-state index contributed by atoms with van der Waals surface area (Å²) >= 11 is 0. The first-order chi connectivity index (χ1) is 8.42. The van der Waals surface area contributed by atoms with E-state index in [1.165, 1.54) is 19.4 Å². The number of aromatic nitrogens is 2. The molecule has 2 aliphatic rings. The van der Waals surface area contributed by atoms with Crippen LogP contribution in [-0.4, -0.2) is 53.5 Å². The molecular weight excluding hydrogens is 216 g/mol. The van der Waals surface area contributed by atoms with Crippen molar-refractivity contribution >= 4 is 5.82 Å². The van der Waals surface area contributed by atoms with Crippen molar-refractivity contribution in [2.75, 3.05) is 31.6 Å². The molecular formula is C12H18N4O. The Morgan fingerprint density at radius 1 is 1.53 bits per heavy atom. The van der Waals surface area contributed by atoms with Gasteiger partial charge in [-0.05, 0) is 31.5 Å². The summed E-state index contributed by atoms with van der Waals surface area (Å²) in [7, 11) is 0. The van der Waals surface area contributed by atoms with Gasteiger partial charge in [0.2, 0.25) is 0 Å². The minimum absolute atomic E-state index is 0.270. The van der Waals surface area contributed by atoms with Gasteiger partial charge in [-0.1, -0.05) is 0 Å². The first-order valence-corrected chi connectivity index (χ1v) is 6.29.